The SMILES string of the molecule is CCN1C(=O)[C@@H]2COCCC[C@H]2c2cc(-c3cc(NC(=O)c4cccc(C(F)(F)F)c4F)cnc3C)cnc21. The number of ether oxygens (including phenoxy) is 1. The van der Waals surface area contributed by atoms with Crippen LogP contribution in [0.1, 0.15) is 52.9 Å². The number of hydrogen-bond donors (Lipinski definition) is 1. The molecule has 0 radical (unpaired) electrons. The van der Waals surface area contributed by atoms with Gasteiger partial charge in [-0.1, -0.05) is 6.07 Å². The first-order valence-corrected chi connectivity index (χ1v) is 12.6. The first-order valence-electron chi connectivity index (χ1n) is 12.6. The number of aromatic nitrogens is 2. The average Bonchev–Trinajstić information content (AvgIpc) is 3.16. The van der Waals surface area contributed by atoms with Crippen molar-refractivity contribution in [3.8, 4) is 11.1 Å². The van der Waals surface area contributed by atoms with Crippen LogP contribution in [0.4, 0.5) is 29.1 Å². The van der Waals surface area contributed by atoms with Crippen molar-refractivity contribution in [3.05, 3.63) is 70.9 Å². The van der Waals surface area contributed by atoms with E-state index in [-0.39, 0.29) is 23.4 Å². The fourth-order valence-electron chi connectivity index (χ4n) is 5.30. The molecule has 11 heteroatoms. The van der Waals surface area contributed by atoms with Gasteiger partial charge in [-0.25, -0.2) is 9.37 Å². The Labute approximate surface area is 222 Å². The zero-order valence-corrected chi connectivity index (χ0v) is 21.3. The van der Waals surface area contributed by atoms with E-state index in [9.17, 15) is 27.2 Å². The summed E-state index contributed by atoms with van der Waals surface area (Å²) < 4.78 is 59.5. The second-order valence-electron chi connectivity index (χ2n) is 9.63. The number of carbonyl (C=O) groups is 2. The van der Waals surface area contributed by atoms with Crippen LogP contribution in [0.25, 0.3) is 11.1 Å². The van der Waals surface area contributed by atoms with Gasteiger partial charge in [0, 0.05) is 42.1 Å². The van der Waals surface area contributed by atoms with E-state index >= 15 is 0 Å². The predicted molar refractivity (Wildman–Crippen MR) is 136 cm³/mol. The molecule has 2 aliphatic heterocycles. The molecule has 0 saturated carbocycles. The standard InChI is InChI=1S/C28H26F4N4O3/c1-3-36-25-21(18-7-5-9-39-14-22(18)27(36)38)10-16(12-34-25)20-11-17(13-33-15(20)2)35-26(37)19-6-4-8-23(24(19)29)28(30,31)32/h4,6,8,10-13,18,22H,3,5,7,9,14H2,1-2H3,(H,35,37)/t18-,22+/m0/s1. The summed E-state index contributed by atoms with van der Waals surface area (Å²) >= 11 is 0. The molecule has 1 N–H and O–H groups in total. The number of nitrogens with one attached hydrogen (secondary N) is 1. The van der Waals surface area contributed by atoms with Crippen molar-refractivity contribution in [2.45, 2.75) is 38.8 Å². The van der Waals surface area contributed by atoms with Crippen LogP contribution in [0.2, 0.25) is 0 Å². The third-order valence-corrected chi connectivity index (χ3v) is 7.24. The molecule has 1 aromatic carbocycles. The molecule has 0 bridgehead atoms. The number of anilines is 2. The van der Waals surface area contributed by atoms with Gasteiger partial charge >= 0.3 is 6.18 Å². The Morgan fingerprint density at radius 2 is 1.97 bits per heavy atom. The number of rotatable bonds is 4. The molecule has 4 heterocycles. The summed E-state index contributed by atoms with van der Waals surface area (Å²) in [7, 11) is 0. The Bertz CT molecular complexity index is 1440. The van der Waals surface area contributed by atoms with Gasteiger partial charge in [0.25, 0.3) is 5.91 Å². The Kier molecular flexibility index (Phi) is 7.11. The van der Waals surface area contributed by atoms with Gasteiger partial charge in [0.05, 0.1) is 35.5 Å². The predicted octanol–water partition coefficient (Wildman–Crippen LogP) is 5.74. The maximum atomic E-state index is 14.5. The van der Waals surface area contributed by atoms with Gasteiger partial charge < -0.3 is 10.1 Å². The number of pyridine rings is 2. The Morgan fingerprint density at radius 3 is 2.72 bits per heavy atom. The van der Waals surface area contributed by atoms with Gasteiger partial charge in [0.1, 0.15) is 11.6 Å². The van der Waals surface area contributed by atoms with Crippen LogP contribution in [0.5, 0.6) is 0 Å². The highest BCUT2D eigenvalue weighted by Gasteiger charge is 2.41. The van der Waals surface area contributed by atoms with Crippen molar-refractivity contribution >= 4 is 23.3 Å². The molecule has 0 spiro atoms. The lowest BCUT2D eigenvalue weighted by atomic mass is 9.79. The van der Waals surface area contributed by atoms with Crippen LogP contribution < -0.4 is 10.2 Å². The average molecular weight is 543 g/mol. The lowest BCUT2D eigenvalue weighted by Gasteiger charge is -2.37. The molecule has 5 rings (SSSR count). The van der Waals surface area contributed by atoms with Gasteiger partial charge in [0.15, 0.2) is 0 Å². The number of nitrogens with zero attached hydrogens (tertiary/aromatic N) is 3. The van der Waals surface area contributed by atoms with Crippen LogP contribution in [0, 0.1) is 18.7 Å². The zero-order chi connectivity index (χ0) is 27.9. The molecule has 204 valence electrons. The van der Waals surface area contributed by atoms with E-state index in [1.165, 1.54) is 6.20 Å². The number of benzene rings is 1. The molecule has 0 aliphatic carbocycles. The first-order chi connectivity index (χ1) is 18.6. The molecule has 2 aromatic heterocycles. The fourth-order valence-corrected chi connectivity index (χ4v) is 5.30. The van der Waals surface area contributed by atoms with Crippen molar-refractivity contribution in [1.29, 1.82) is 0 Å². The summed E-state index contributed by atoms with van der Waals surface area (Å²) in [5, 5.41) is 2.45. The molecule has 7 nitrogen and oxygen atoms in total. The normalized spacial score (nSPS) is 19.2. The Morgan fingerprint density at radius 1 is 1.18 bits per heavy atom. The number of aryl methyl sites for hydroxylation is 1. The van der Waals surface area contributed by atoms with Crippen molar-refractivity contribution < 1.29 is 31.9 Å². The van der Waals surface area contributed by atoms with Gasteiger partial charge in [-0.3, -0.25) is 19.5 Å². The summed E-state index contributed by atoms with van der Waals surface area (Å²) in [4.78, 5) is 36.5. The minimum atomic E-state index is -4.93. The van der Waals surface area contributed by atoms with Gasteiger partial charge in [-0.05, 0) is 56.5 Å². The fraction of sp³-hybridized carbons (Fsp3) is 0.357. The van der Waals surface area contributed by atoms with Crippen LogP contribution in [0.3, 0.4) is 0 Å². The van der Waals surface area contributed by atoms with Crippen LogP contribution in [-0.2, 0) is 15.7 Å². The highest BCUT2D eigenvalue weighted by molar-refractivity contribution is 6.05. The Balaban J connectivity index is 1.49. The van der Waals surface area contributed by atoms with Crippen molar-refractivity contribution in [2.75, 3.05) is 30.0 Å². The van der Waals surface area contributed by atoms with Gasteiger partial charge in [0.2, 0.25) is 5.91 Å². The number of amides is 2. The second-order valence-corrected chi connectivity index (χ2v) is 9.63. The van der Waals surface area contributed by atoms with E-state index < -0.39 is 29.0 Å². The van der Waals surface area contributed by atoms with E-state index in [1.807, 2.05) is 13.0 Å². The lowest BCUT2D eigenvalue weighted by Crippen LogP contribution is -2.45. The minimum Gasteiger partial charge on any atom is -0.381 e. The van der Waals surface area contributed by atoms with Gasteiger partial charge in [-0.15, -0.1) is 0 Å². The smallest absolute Gasteiger partial charge is 0.381 e. The molecule has 1 saturated heterocycles. The third kappa shape index (κ3) is 4.98. The highest BCUT2D eigenvalue weighted by Crippen LogP contribution is 2.44. The minimum absolute atomic E-state index is 0.00142. The summed E-state index contributed by atoms with van der Waals surface area (Å²) in [5.74, 6) is -2.41. The van der Waals surface area contributed by atoms with Crippen molar-refractivity contribution in [2.24, 2.45) is 5.92 Å². The number of hydrogen-bond acceptors (Lipinski definition) is 5. The maximum absolute atomic E-state index is 14.5. The van der Waals surface area contributed by atoms with E-state index in [1.54, 1.807) is 24.1 Å². The summed E-state index contributed by atoms with van der Waals surface area (Å²) in [6, 6.07) is 6.15. The third-order valence-electron chi connectivity index (χ3n) is 7.24. The molecule has 0 unspecified atom stereocenters. The van der Waals surface area contributed by atoms with Crippen molar-refractivity contribution in [1.82, 2.24) is 9.97 Å². The monoisotopic (exact) mass is 542 g/mol. The van der Waals surface area contributed by atoms with E-state index in [0.717, 1.165) is 30.5 Å². The Hall–Kier alpha value is -3.86. The number of alkyl halides is 3. The molecule has 2 aliphatic rings. The van der Waals surface area contributed by atoms with E-state index in [2.05, 4.69) is 15.3 Å². The summed E-state index contributed by atoms with van der Waals surface area (Å²) in [6.45, 7) is 5.07. The van der Waals surface area contributed by atoms with Crippen LogP contribution >= 0.6 is 0 Å². The van der Waals surface area contributed by atoms with Crippen LogP contribution in [-0.4, -0.2) is 41.5 Å². The molecule has 1 fully saturated rings. The molecular weight excluding hydrogens is 516 g/mol. The van der Waals surface area contributed by atoms with E-state index in [0.29, 0.717) is 48.5 Å². The number of carbonyl (C=O) groups excluding carboxylic acids is 2. The first kappa shape index (κ1) is 26.7. The molecular formula is C28H26F4N4O3. The molecule has 3 aromatic rings. The molecule has 39 heavy (non-hydrogen) atoms. The van der Waals surface area contributed by atoms with E-state index in [4.69, 9.17) is 4.74 Å². The zero-order valence-electron chi connectivity index (χ0n) is 21.3. The van der Waals surface area contributed by atoms with Crippen LogP contribution in [0.15, 0.2) is 42.7 Å². The molecule has 2 atom stereocenters. The lowest BCUT2D eigenvalue weighted by molar-refractivity contribution is -0.140. The molecule has 2 amide bonds. The van der Waals surface area contributed by atoms with Gasteiger partial charge in [-0.2, -0.15) is 13.2 Å². The maximum Gasteiger partial charge on any atom is 0.419 e. The summed E-state index contributed by atoms with van der Waals surface area (Å²) in [5.41, 5.74) is 0.835. The second kappa shape index (κ2) is 10.4. The number of fused-ring (bicyclic) bond motifs is 3. The highest BCUT2D eigenvalue weighted by atomic mass is 19.4. The number of halogens is 4. The topological polar surface area (TPSA) is 84.4 Å². The summed E-state index contributed by atoms with van der Waals surface area (Å²) in [6.07, 6.45) is -0.353. The quantitative estimate of drug-likeness (QED) is 0.425. The largest absolute Gasteiger partial charge is 0.419 e. The van der Waals surface area contributed by atoms with Crippen molar-refractivity contribution in [3.63, 3.8) is 0 Å².